The molecule has 0 heterocycles. The van der Waals surface area contributed by atoms with Crippen molar-refractivity contribution in [1.82, 2.24) is 5.32 Å². The minimum atomic E-state index is -0.752. The number of carbonyl (C=O) groups excluding carboxylic acids is 2. The summed E-state index contributed by atoms with van der Waals surface area (Å²) in [6.45, 7) is 1.97. The van der Waals surface area contributed by atoms with Gasteiger partial charge in [0.25, 0.3) is 5.91 Å². The molecule has 1 aromatic rings. The molecular weight excluding hydrogens is 252 g/mol. The molecule has 0 radical (unpaired) electrons. The molecule has 0 aliphatic rings. The molecule has 0 aromatic heterocycles. The molecule has 0 aliphatic carbocycles. The number of amides is 1. The van der Waals surface area contributed by atoms with Gasteiger partial charge in [0.05, 0.1) is 6.61 Å². The Kier molecular flexibility index (Phi) is 5.51. The second-order valence-electron chi connectivity index (χ2n) is 3.58. The van der Waals surface area contributed by atoms with Crippen molar-refractivity contribution in [3.8, 4) is 0 Å². The standard InChI is InChI=1S/C12H16N2O3S/c1-2-17-12(16)10(7-18)14-11(15)8-3-5-9(13)6-4-8/h3-6,10,18H,2,7,13H2,1H3,(H,14,15)/t10-/m0/s1. The van der Waals surface area contributed by atoms with Crippen LogP contribution in [0.15, 0.2) is 24.3 Å². The summed E-state index contributed by atoms with van der Waals surface area (Å²) in [6, 6.07) is 5.67. The maximum absolute atomic E-state index is 11.8. The minimum Gasteiger partial charge on any atom is -0.464 e. The number of hydrogen-bond acceptors (Lipinski definition) is 5. The summed E-state index contributed by atoms with van der Waals surface area (Å²) in [6.07, 6.45) is 0. The molecule has 0 saturated heterocycles. The SMILES string of the molecule is CCOC(=O)[C@H](CS)NC(=O)c1ccc(N)cc1. The number of rotatable bonds is 5. The van der Waals surface area contributed by atoms with Crippen LogP contribution in [0, 0.1) is 0 Å². The molecule has 5 nitrogen and oxygen atoms in total. The van der Waals surface area contributed by atoms with Crippen LogP contribution in [0.4, 0.5) is 5.69 Å². The van der Waals surface area contributed by atoms with E-state index in [2.05, 4.69) is 17.9 Å². The average molecular weight is 268 g/mol. The van der Waals surface area contributed by atoms with Crippen LogP contribution in [0.25, 0.3) is 0 Å². The predicted molar refractivity (Wildman–Crippen MR) is 72.6 cm³/mol. The normalized spacial score (nSPS) is 11.7. The third-order valence-corrected chi connectivity index (χ3v) is 2.60. The Labute approximate surface area is 111 Å². The molecule has 0 saturated carbocycles. The van der Waals surface area contributed by atoms with Crippen LogP contribution in [-0.2, 0) is 9.53 Å². The number of esters is 1. The number of carbonyl (C=O) groups is 2. The molecule has 3 N–H and O–H groups in total. The summed E-state index contributed by atoms with van der Waals surface area (Å²) < 4.78 is 4.83. The molecule has 0 spiro atoms. The summed E-state index contributed by atoms with van der Waals surface area (Å²) in [5.74, 6) is -0.669. The van der Waals surface area contributed by atoms with Crippen molar-refractivity contribution in [1.29, 1.82) is 0 Å². The maximum atomic E-state index is 11.8. The van der Waals surface area contributed by atoms with Crippen LogP contribution in [0.1, 0.15) is 17.3 Å². The van der Waals surface area contributed by atoms with Gasteiger partial charge >= 0.3 is 5.97 Å². The van der Waals surface area contributed by atoms with E-state index in [1.54, 1.807) is 31.2 Å². The van der Waals surface area contributed by atoms with Gasteiger partial charge in [-0.25, -0.2) is 4.79 Å². The number of nitrogen functional groups attached to an aromatic ring is 1. The fraction of sp³-hybridized carbons (Fsp3) is 0.333. The number of nitrogens with one attached hydrogen (secondary N) is 1. The lowest BCUT2D eigenvalue weighted by atomic mass is 10.2. The Bertz CT molecular complexity index is 420. The van der Waals surface area contributed by atoms with Gasteiger partial charge in [-0.1, -0.05) is 0 Å². The van der Waals surface area contributed by atoms with E-state index in [4.69, 9.17) is 10.5 Å². The third-order valence-electron chi connectivity index (χ3n) is 2.23. The summed E-state index contributed by atoms with van der Waals surface area (Å²) in [4.78, 5) is 23.3. The Balaban J connectivity index is 2.67. The van der Waals surface area contributed by atoms with Crippen LogP contribution in [0.5, 0.6) is 0 Å². The van der Waals surface area contributed by atoms with Crippen molar-refractivity contribution in [3.63, 3.8) is 0 Å². The first kappa shape index (κ1) is 14.4. The van der Waals surface area contributed by atoms with E-state index < -0.39 is 12.0 Å². The molecular formula is C12H16N2O3S. The van der Waals surface area contributed by atoms with Gasteiger partial charge in [-0.15, -0.1) is 0 Å². The van der Waals surface area contributed by atoms with Gasteiger partial charge in [-0.3, -0.25) is 4.79 Å². The van der Waals surface area contributed by atoms with E-state index in [-0.39, 0.29) is 18.3 Å². The lowest BCUT2D eigenvalue weighted by Gasteiger charge is -2.15. The molecule has 1 amide bonds. The first-order valence-corrected chi connectivity index (χ1v) is 6.15. The lowest BCUT2D eigenvalue weighted by molar-refractivity contribution is -0.144. The Morgan fingerprint density at radius 3 is 2.50 bits per heavy atom. The van der Waals surface area contributed by atoms with Crippen molar-refractivity contribution in [2.45, 2.75) is 13.0 Å². The van der Waals surface area contributed by atoms with Crippen molar-refractivity contribution in [2.24, 2.45) is 0 Å². The highest BCUT2D eigenvalue weighted by atomic mass is 32.1. The maximum Gasteiger partial charge on any atom is 0.329 e. The van der Waals surface area contributed by atoms with Gasteiger partial charge in [0.2, 0.25) is 0 Å². The number of anilines is 1. The lowest BCUT2D eigenvalue weighted by Crippen LogP contribution is -2.43. The Morgan fingerprint density at radius 2 is 2.00 bits per heavy atom. The second kappa shape index (κ2) is 6.90. The van der Waals surface area contributed by atoms with E-state index in [9.17, 15) is 9.59 Å². The van der Waals surface area contributed by atoms with E-state index in [0.717, 1.165) is 0 Å². The first-order chi connectivity index (χ1) is 8.58. The van der Waals surface area contributed by atoms with Gasteiger partial charge in [0.1, 0.15) is 6.04 Å². The largest absolute Gasteiger partial charge is 0.464 e. The third kappa shape index (κ3) is 3.96. The minimum absolute atomic E-state index is 0.180. The predicted octanol–water partition coefficient (Wildman–Crippen LogP) is 0.860. The van der Waals surface area contributed by atoms with E-state index in [1.807, 2.05) is 0 Å². The van der Waals surface area contributed by atoms with Crippen LogP contribution < -0.4 is 11.1 Å². The van der Waals surface area contributed by atoms with Gasteiger partial charge in [-0.05, 0) is 31.2 Å². The highest BCUT2D eigenvalue weighted by Crippen LogP contribution is 2.06. The quantitative estimate of drug-likeness (QED) is 0.420. The van der Waals surface area contributed by atoms with Gasteiger partial charge in [-0.2, -0.15) is 12.6 Å². The van der Waals surface area contributed by atoms with Crippen molar-refractivity contribution in [3.05, 3.63) is 29.8 Å². The van der Waals surface area contributed by atoms with E-state index >= 15 is 0 Å². The fourth-order valence-electron chi connectivity index (χ4n) is 1.30. The summed E-state index contributed by atoms with van der Waals surface area (Å²) in [5, 5.41) is 2.56. The average Bonchev–Trinajstić information content (AvgIpc) is 2.36. The van der Waals surface area contributed by atoms with Crippen molar-refractivity contribution >= 4 is 30.2 Å². The molecule has 1 aromatic carbocycles. The Morgan fingerprint density at radius 1 is 1.39 bits per heavy atom. The Hall–Kier alpha value is -1.69. The topological polar surface area (TPSA) is 81.4 Å². The first-order valence-electron chi connectivity index (χ1n) is 5.52. The number of thiol groups is 1. The van der Waals surface area contributed by atoms with Crippen molar-refractivity contribution < 1.29 is 14.3 Å². The molecule has 6 heteroatoms. The second-order valence-corrected chi connectivity index (χ2v) is 3.95. The number of benzene rings is 1. The van der Waals surface area contributed by atoms with Crippen LogP contribution in [0.3, 0.4) is 0 Å². The van der Waals surface area contributed by atoms with Crippen LogP contribution >= 0.6 is 12.6 Å². The van der Waals surface area contributed by atoms with Gasteiger partial charge < -0.3 is 15.8 Å². The number of ether oxygens (including phenoxy) is 1. The highest BCUT2D eigenvalue weighted by Gasteiger charge is 2.20. The molecule has 1 atom stereocenters. The smallest absolute Gasteiger partial charge is 0.329 e. The monoisotopic (exact) mass is 268 g/mol. The zero-order valence-electron chi connectivity index (χ0n) is 10.1. The zero-order chi connectivity index (χ0) is 13.5. The summed E-state index contributed by atoms with van der Waals surface area (Å²) >= 11 is 4.02. The molecule has 0 aliphatic heterocycles. The molecule has 0 unspecified atom stereocenters. The van der Waals surface area contributed by atoms with Gasteiger partial charge in [0, 0.05) is 17.0 Å². The summed E-state index contributed by atoms with van der Waals surface area (Å²) in [5.41, 5.74) is 6.53. The summed E-state index contributed by atoms with van der Waals surface area (Å²) in [7, 11) is 0. The molecule has 98 valence electrons. The molecule has 0 bridgehead atoms. The van der Waals surface area contributed by atoms with Crippen LogP contribution in [0.2, 0.25) is 0 Å². The van der Waals surface area contributed by atoms with E-state index in [1.165, 1.54) is 0 Å². The molecule has 18 heavy (non-hydrogen) atoms. The number of nitrogens with two attached hydrogens (primary N) is 1. The molecule has 1 rings (SSSR count). The van der Waals surface area contributed by atoms with Gasteiger partial charge in [0.15, 0.2) is 0 Å². The molecule has 0 fully saturated rings. The fourth-order valence-corrected chi connectivity index (χ4v) is 1.54. The zero-order valence-corrected chi connectivity index (χ0v) is 10.9. The highest BCUT2D eigenvalue weighted by molar-refractivity contribution is 7.80. The van der Waals surface area contributed by atoms with Crippen LogP contribution in [-0.4, -0.2) is 30.3 Å². The number of hydrogen-bond donors (Lipinski definition) is 3. The van der Waals surface area contributed by atoms with Crippen molar-refractivity contribution in [2.75, 3.05) is 18.1 Å². The van der Waals surface area contributed by atoms with E-state index in [0.29, 0.717) is 11.3 Å².